The van der Waals surface area contributed by atoms with Gasteiger partial charge in [-0.25, -0.2) is 4.68 Å². The Hall–Kier alpha value is -1.77. The van der Waals surface area contributed by atoms with Gasteiger partial charge in [0.1, 0.15) is 5.82 Å². The average Bonchev–Trinajstić information content (AvgIpc) is 2.70. The molecule has 1 aromatic carbocycles. The van der Waals surface area contributed by atoms with Gasteiger partial charge in [-0.05, 0) is 29.5 Å². The van der Waals surface area contributed by atoms with Crippen molar-refractivity contribution in [3.63, 3.8) is 0 Å². The van der Waals surface area contributed by atoms with Crippen LogP contribution in [-0.2, 0) is 11.8 Å². The summed E-state index contributed by atoms with van der Waals surface area (Å²) in [6.07, 6.45) is 0.900. The van der Waals surface area contributed by atoms with Gasteiger partial charge in [0, 0.05) is 6.07 Å². The molecule has 0 atom stereocenters. The summed E-state index contributed by atoms with van der Waals surface area (Å²) in [5.41, 5.74) is 9.49. The van der Waals surface area contributed by atoms with E-state index in [0.29, 0.717) is 5.82 Å². The number of benzene rings is 1. The molecule has 0 saturated heterocycles. The fourth-order valence-corrected chi connectivity index (χ4v) is 1.93. The quantitative estimate of drug-likeness (QED) is 0.879. The minimum absolute atomic E-state index is 0.169. The van der Waals surface area contributed by atoms with Gasteiger partial charge in [-0.15, -0.1) is 0 Å². The molecule has 3 heteroatoms. The lowest BCUT2D eigenvalue weighted by Gasteiger charge is -2.19. The molecule has 2 aromatic rings. The highest BCUT2D eigenvalue weighted by Gasteiger charge is 2.13. The first-order valence-electron chi connectivity index (χ1n) is 6.37. The number of nitrogens with two attached hydrogens (primary N) is 1. The van der Waals surface area contributed by atoms with Gasteiger partial charge in [-0.3, -0.25) is 0 Å². The summed E-state index contributed by atoms with van der Waals surface area (Å²) < 4.78 is 1.80. The van der Waals surface area contributed by atoms with Crippen molar-refractivity contribution in [2.75, 3.05) is 5.73 Å². The summed E-state index contributed by atoms with van der Waals surface area (Å²) in [4.78, 5) is 0. The molecule has 0 radical (unpaired) electrons. The summed E-state index contributed by atoms with van der Waals surface area (Å²) in [7, 11) is 0. The molecule has 0 bridgehead atoms. The molecule has 0 amide bonds. The predicted molar refractivity (Wildman–Crippen MR) is 76.1 cm³/mol. The smallest absolute Gasteiger partial charge is 0.127 e. The Bertz CT molecular complexity index is 530. The predicted octanol–water partition coefficient (Wildman–Crippen LogP) is 3.31. The van der Waals surface area contributed by atoms with Gasteiger partial charge < -0.3 is 5.73 Å². The van der Waals surface area contributed by atoms with E-state index >= 15 is 0 Å². The monoisotopic (exact) mass is 243 g/mol. The lowest BCUT2D eigenvalue weighted by atomic mass is 9.87. The molecular formula is C15H21N3. The summed E-state index contributed by atoms with van der Waals surface area (Å²) >= 11 is 0. The fourth-order valence-electron chi connectivity index (χ4n) is 1.93. The number of hydrogen-bond acceptors (Lipinski definition) is 2. The number of aryl methyl sites for hydroxylation is 1. The van der Waals surface area contributed by atoms with Crippen molar-refractivity contribution in [1.29, 1.82) is 0 Å². The molecule has 0 unspecified atom stereocenters. The zero-order valence-corrected chi connectivity index (χ0v) is 11.6. The molecule has 1 aromatic heterocycles. The third kappa shape index (κ3) is 2.40. The first kappa shape index (κ1) is 12.7. The van der Waals surface area contributed by atoms with Gasteiger partial charge in [0.15, 0.2) is 0 Å². The van der Waals surface area contributed by atoms with E-state index in [1.807, 2.05) is 6.07 Å². The van der Waals surface area contributed by atoms with Crippen molar-refractivity contribution in [2.45, 2.75) is 39.5 Å². The van der Waals surface area contributed by atoms with Crippen LogP contribution in [-0.4, -0.2) is 9.78 Å². The third-order valence-electron chi connectivity index (χ3n) is 3.13. The maximum atomic E-state index is 5.97. The number of anilines is 1. The number of hydrogen-bond donors (Lipinski definition) is 1. The Morgan fingerprint density at radius 1 is 1.17 bits per heavy atom. The van der Waals surface area contributed by atoms with Gasteiger partial charge in [-0.1, -0.05) is 39.8 Å². The van der Waals surface area contributed by atoms with Crippen molar-refractivity contribution in [1.82, 2.24) is 9.78 Å². The number of nitrogens with zero attached hydrogens (tertiary/aromatic N) is 2. The van der Waals surface area contributed by atoms with E-state index in [9.17, 15) is 0 Å². The summed E-state index contributed by atoms with van der Waals surface area (Å²) in [6, 6.07) is 10.4. The van der Waals surface area contributed by atoms with Crippen LogP contribution >= 0.6 is 0 Å². The van der Waals surface area contributed by atoms with Crippen LogP contribution in [0.25, 0.3) is 5.69 Å². The molecule has 0 aliphatic heterocycles. The van der Waals surface area contributed by atoms with Gasteiger partial charge in [0.05, 0.1) is 11.4 Å². The lowest BCUT2D eigenvalue weighted by molar-refractivity contribution is 0.590. The minimum atomic E-state index is 0.169. The van der Waals surface area contributed by atoms with Crippen LogP contribution in [0.1, 0.15) is 39.0 Å². The van der Waals surface area contributed by atoms with Gasteiger partial charge in [0.25, 0.3) is 0 Å². The number of nitrogen functional groups attached to an aromatic ring is 1. The highest BCUT2D eigenvalue weighted by molar-refractivity contribution is 5.44. The topological polar surface area (TPSA) is 43.8 Å². The molecule has 2 N–H and O–H groups in total. The van der Waals surface area contributed by atoms with Crippen LogP contribution < -0.4 is 5.73 Å². The summed E-state index contributed by atoms with van der Waals surface area (Å²) in [5.74, 6) is 0.690. The molecule has 2 rings (SSSR count). The second-order valence-electron chi connectivity index (χ2n) is 5.62. The Kier molecular flexibility index (Phi) is 3.16. The Balaban J connectivity index is 2.37. The highest BCUT2D eigenvalue weighted by atomic mass is 15.3. The van der Waals surface area contributed by atoms with Crippen LogP contribution in [0, 0.1) is 0 Å². The SMILES string of the molecule is CCc1cc(N)n(-c2ccc(C(C)(C)C)cc2)n1. The molecule has 0 spiro atoms. The van der Waals surface area contributed by atoms with Crippen LogP contribution in [0.4, 0.5) is 5.82 Å². The molecule has 3 nitrogen and oxygen atoms in total. The van der Waals surface area contributed by atoms with Crippen molar-refractivity contribution in [3.8, 4) is 5.69 Å². The molecule has 0 saturated carbocycles. The zero-order valence-electron chi connectivity index (χ0n) is 11.6. The first-order chi connectivity index (χ1) is 8.41. The van der Waals surface area contributed by atoms with Crippen LogP contribution in [0.5, 0.6) is 0 Å². The van der Waals surface area contributed by atoms with E-state index in [-0.39, 0.29) is 5.41 Å². The Morgan fingerprint density at radius 3 is 2.22 bits per heavy atom. The zero-order chi connectivity index (χ0) is 13.3. The first-order valence-corrected chi connectivity index (χ1v) is 6.37. The second kappa shape index (κ2) is 4.48. The minimum Gasteiger partial charge on any atom is -0.384 e. The van der Waals surface area contributed by atoms with E-state index in [0.717, 1.165) is 17.8 Å². The van der Waals surface area contributed by atoms with Crippen LogP contribution in [0.3, 0.4) is 0 Å². The molecule has 0 fully saturated rings. The van der Waals surface area contributed by atoms with Crippen molar-refractivity contribution >= 4 is 5.82 Å². The molecule has 0 aliphatic carbocycles. The molecule has 1 heterocycles. The van der Waals surface area contributed by atoms with Gasteiger partial charge in [0.2, 0.25) is 0 Å². The molecule has 18 heavy (non-hydrogen) atoms. The van der Waals surface area contributed by atoms with Gasteiger partial charge in [-0.2, -0.15) is 5.10 Å². The number of aromatic nitrogens is 2. The van der Waals surface area contributed by atoms with E-state index in [1.165, 1.54) is 5.56 Å². The summed E-state index contributed by atoms with van der Waals surface area (Å²) in [6.45, 7) is 8.70. The van der Waals surface area contributed by atoms with Crippen molar-refractivity contribution < 1.29 is 0 Å². The Morgan fingerprint density at radius 2 is 1.78 bits per heavy atom. The van der Waals surface area contributed by atoms with Crippen molar-refractivity contribution in [3.05, 3.63) is 41.6 Å². The van der Waals surface area contributed by atoms with Crippen LogP contribution in [0.15, 0.2) is 30.3 Å². The fraction of sp³-hybridized carbons (Fsp3) is 0.400. The van der Waals surface area contributed by atoms with E-state index in [1.54, 1.807) is 4.68 Å². The normalized spacial score (nSPS) is 11.8. The van der Waals surface area contributed by atoms with E-state index in [2.05, 4.69) is 57.1 Å². The largest absolute Gasteiger partial charge is 0.384 e. The maximum Gasteiger partial charge on any atom is 0.127 e. The molecule has 96 valence electrons. The van der Waals surface area contributed by atoms with E-state index < -0.39 is 0 Å². The highest BCUT2D eigenvalue weighted by Crippen LogP contribution is 2.24. The summed E-state index contributed by atoms with van der Waals surface area (Å²) in [5, 5.41) is 4.48. The lowest BCUT2D eigenvalue weighted by Crippen LogP contribution is -2.11. The van der Waals surface area contributed by atoms with Crippen LogP contribution in [0.2, 0.25) is 0 Å². The second-order valence-corrected chi connectivity index (χ2v) is 5.62. The Labute approximate surface area is 109 Å². The average molecular weight is 243 g/mol. The molecule has 0 aliphatic rings. The van der Waals surface area contributed by atoms with Crippen molar-refractivity contribution in [2.24, 2.45) is 0 Å². The standard InChI is InChI=1S/C15H21N3/c1-5-12-10-14(16)18(17-12)13-8-6-11(7-9-13)15(2,3)4/h6-10H,5,16H2,1-4H3. The third-order valence-corrected chi connectivity index (χ3v) is 3.13. The molecular weight excluding hydrogens is 222 g/mol. The van der Waals surface area contributed by atoms with E-state index in [4.69, 9.17) is 5.73 Å². The van der Waals surface area contributed by atoms with Gasteiger partial charge >= 0.3 is 0 Å². The maximum absolute atomic E-state index is 5.97. The number of rotatable bonds is 2.